The van der Waals surface area contributed by atoms with Gasteiger partial charge in [0, 0.05) is 5.56 Å². The molecule has 0 radical (unpaired) electrons. The summed E-state index contributed by atoms with van der Waals surface area (Å²) < 4.78 is 23.9. The number of rotatable bonds is 2. The van der Waals surface area contributed by atoms with Crippen LogP contribution < -0.4 is 9.86 Å². The summed E-state index contributed by atoms with van der Waals surface area (Å²) in [5.74, 6) is 5.14. The molecule has 0 aliphatic carbocycles. The third kappa shape index (κ3) is 3.90. The van der Waals surface area contributed by atoms with Crippen molar-refractivity contribution in [2.75, 3.05) is 11.3 Å². The van der Waals surface area contributed by atoms with Gasteiger partial charge in [0.25, 0.3) is 10.2 Å². The molecule has 0 aliphatic rings. The average molecular weight is 240 g/mol. The van der Waals surface area contributed by atoms with Crippen molar-refractivity contribution in [2.45, 2.75) is 6.92 Å². The summed E-state index contributed by atoms with van der Waals surface area (Å²) >= 11 is 0. The second kappa shape index (κ2) is 4.99. The largest absolute Gasteiger partial charge is 0.384 e. The molecular formula is C10H12N2O3S. The molecule has 0 atom stereocenters. The number of hydrogen-bond acceptors (Lipinski definition) is 3. The van der Waals surface area contributed by atoms with Crippen molar-refractivity contribution in [3.05, 3.63) is 29.3 Å². The Bertz CT molecular complexity index is 541. The lowest BCUT2D eigenvalue weighted by atomic mass is 10.1. The van der Waals surface area contributed by atoms with E-state index < -0.39 is 10.2 Å². The average Bonchev–Trinajstić information content (AvgIpc) is 2.17. The first kappa shape index (κ1) is 12.5. The van der Waals surface area contributed by atoms with Crippen LogP contribution in [0.1, 0.15) is 11.1 Å². The number of nitrogens with two attached hydrogens (primary N) is 1. The predicted molar refractivity (Wildman–Crippen MR) is 61.9 cm³/mol. The van der Waals surface area contributed by atoms with Gasteiger partial charge in [0.2, 0.25) is 0 Å². The third-order valence-corrected chi connectivity index (χ3v) is 2.31. The molecule has 16 heavy (non-hydrogen) atoms. The molecule has 0 unspecified atom stereocenters. The highest BCUT2D eigenvalue weighted by molar-refractivity contribution is 7.90. The molecule has 1 rings (SSSR count). The van der Waals surface area contributed by atoms with Gasteiger partial charge in [-0.05, 0) is 24.6 Å². The topological polar surface area (TPSA) is 92.4 Å². The van der Waals surface area contributed by atoms with Gasteiger partial charge in [-0.1, -0.05) is 17.9 Å². The van der Waals surface area contributed by atoms with E-state index in [4.69, 9.17) is 10.2 Å². The van der Waals surface area contributed by atoms with E-state index in [-0.39, 0.29) is 6.61 Å². The second-order valence-corrected chi connectivity index (χ2v) is 4.43. The Hall–Kier alpha value is -1.55. The molecule has 1 aromatic carbocycles. The van der Waals surface area contributed by atoms with Gasteiger partial charge < -0.3 is 5.11 Å². The molecule has 0 saturated heterocycles. The molecule has 5 nitrogen and oxygen atoms in total. The number of aliphatic hydroxyl groups is 1. The zero-order chi connectivity index (χ0) is 12.2. The third-order valence-electron chi connectivity index (χ3n) is 1.80. The van der Waals surface area contributed by atoms with Crippen molar-refractivity contribution in [3.63, 3.8) is 0 Å². The molecule has 1 aromatic rings. The summed E-state index contributed by atoms with van der Waals surface area (Å²) in [6, 6.07) is 5.00. The van der Waals surface area contributed by atoms with Crippen molar-refractivity contribution in [3.8, 4) is 11.8 Å². The van der Waals surface area contributed by atoms with Crippen molar-refractivity contribution in [1.29, 1.82) is 0 Å². The number of benzene rings is 1. The summed E-state index contributed by atoms with van der Waals surface area (Å²) in [6.07, 6.45) is 0. The fraction of sp³-hybridized carbons (Fsp3) is 0.200. The van der Waals surface area contributed by atoms with E-state index in [0.29, 0.717) is 11.3 Å². The van der Waals surface area contributed by atoms with E-state index in [1.165, 1.54) is 0 Å². The van der Waals surface area contributed by atoms with Crippen LogP contribution in [0.5, 0.6) is 0 Å². The van der Waals surface area contributed by atoms with Gasteiger partial charge >= 0.3 is 0 Å². The Morgan fingerprint density at radius 1 is 1.50 bits per heavy atom. The number of anilines is 1. The van der Waals surface area contributed by atoms with Crippen LogP contribution in [0.3, 0.4) is 0 Å². The number of hydrogen-bond donors (Lipinski definition) is 3. The van der Waals surface area contributed by atoms with Crippen LogP contribution >= 0.6 is 0 Å². The molecule has 86 valence electrons. The summed E-state index contributed by atoms with van der Waals surface area (Å²) in [5, 5.41) is 13.4. The molecule has 0 spiro atoms. The second-order valence-electron chi connectivity index (χ2n) is 3.14. The highest BCUT2D eigenvalue weighted by atomic mass is 32.2. The predicted octanol–water partition coefficient (Wildman–Crippen LogP) is -0.0458. The number of aryl methyl sites for hydroxylation is 1. The standard InChI is InChI=1S/C10H12N2O3S/c1-8-4-5-9(3-2-6-13)7-10(8)12-16(11,14)15/h4-5,7,12-13H,6H2,1H3,(H2,11,14,15). The van der Waals surface area contributed by atoms with Crippen molar-refractivity contribution in [2.24, 2.45) is 5.14 Å². The van der Waals surface area contributed by atoms with E-state index in [1.54, 1.807) is 25.1 Å². The SMILES string of the molecule is Cc1ccc(C#CCO)cc1NS(N)(=O)=O. The minimum absolute atomic E-state index is 0.244. The van der Waals surface area contributed by atoms with Crippen LogP contribution in [0.2, 0.25) is 0 Å². The number of aliphatic hydroxyl groups excluding tert-OH is 1. The molecular weight excluding hydrogens is 228 g/mol. The maximum absolute atomic E-state index is 10.9. The Morgan fingerprint density at radius 2 is 2.19 bits per heavy atom. The monoisotopic (exact) mass is 240 g/mol. The lowest BCUT2D eigenvalue weighted by Crippen LogP contribution is -2.22. The smallest absolute Gasteiger partial charge is 0.296 e. The van der Waals surface area contributed by atoms with E-state index in [2.05, 4.69) is 16.6 Å². The van der Waals surface area contributed by atoms with Gasteiger partial charge in [-0.25, -0.2) is 5.14 Å². The molecule has 0 bridgehead atoms. The van der Waals surface area contributed by atoms with E-state index in [1.807, 2.05) is 0 Å². The summed E-state index contributed by atoms with van der Waals surface area (Å²) in [5.41, 5.74) is 1.72. The highest BCUT2D eigenvalue weighted by Gasteiger charge is 2.05. The molecule has 0 heterocycles. The van der Waals surface area contributed by atoms with Crippen LogP contribution in [-0.4, -0.2) is 20.1 Å². The lowest BCUT2D eigenvalue weighted by molar-refractivity contribution is 0.350. The molecule has 0 aromatic heterocycles. The molecule has 0 saturated carbocycles. The molecule has 0 aliphatic heterocycles. The number of nitrogens with one attached hydrogen (secondary N) is 1. The van der Waals surface area contributed by atoms with Gasteiger partial charge in [0.15, 0.2) is 0 Å². The highest BCUT2D eigenvalue weighted by Crippen LogP contribution is 2.16. The van der Waals surface area contributed by atoms with Gasteiger partial charge in [0.1, 0.15) is 6.61 Å². The first-order valence-corrected chi connectivity index (χ1v) is 5.98. The lowest BCUT2D eigenvalue weighted by Gasteiger charge is -2.07. The summed E-state index contributed by atoms with van der Waals surface area (Å²) in [7, 11) is -3.78. The van der Waals surface area contributed by atoms with Gasteiger partial charge in [-0.2, -0.15) is 8.42 Å². The molecule has 6 heteroatoms. The minimum atomic E-state index is -3.78. The minimum Gasteiger partial charge on any atom is -0.384 e. The van der Waals surface area contributed by atoms with E-state index in [0.717, 1.165) is 5.56 Å². The zero-order valence-electron chi connectivity index (χ0n) is 8.69. The van der Waals surface area contributed by atoms with Crippen molar-refractivity contribution >= 4 is 15.9 Å². The quantitative estimate of drug-likeness (QED) is 0.633. The summed E-state index contributed by atoms with van der Waals surface area (Å²) in [4.78, 5) is 0. The molecule has 0 fully saturated rings. The van der Waals surface area contributed by atoms with E-state index >= 15 is 0 Å². The van der Waals surface area contributed by atoms with Gasteiger partial charge in [-0.3, -0.25) is 4.72 Å². The Balaban J connectivity index is 3.09. The Morgan fingerprint density at radius 3 is 2.75 bits per heavy atom. The summed E-state index contributed by atoms with van der Waals surface area (Å²) in [6.45, 7) is 1.50. The molecule has 0 amide bonds. The van der Waals surface area contributed by atoms with Crippen molar-refractivity contribution < 1.29 is 13.5 Å². The fourth-order valence-electron chi connectivity index (χ4n) is 1.10. The Kier molecular flexibility index (Phi) is 3.90. The van der Waals surface area contributed by atoms with Crippen LogP contribution in [0.25, 0.3) is 0 Å². The maximum Gasteiger partial charge on any atom is 0.296 e. The van der Waals surface area contributed by atoms with Crippen LogP contribution in [0.15, 0.2) is 18.2 Å². The van der Waals surface area contributed by atoms with Crippen LogP contribution in [0.4, 0.5) is 5.69 Å². The van der Waals surface area contributed by atoms with Crippen LogP contribution in [-0.2, 0) is 10.2 Å². The first-order chi connectivity index (χ1) is 7.42. The first-order valence-electron chi connectivity index (χ1n) is 4.43. The van der Waals surface area contributed by atoms with Gasteiger partial charge in [-0.15, -0.1) is 0 Å². The fourth-order valence-corrected chi connectivity index (χ4v) is 1.63. The van der Waals surface area contributed by atoms with Gasteiger partial charge in [0.05, 0.1) is 5.69 Å². The normalized spacial score (nSPS) is 10.4. The Labute approximate surface area is 94.5 Å². The maximum atomic E-state index is 10.9. The molecule has 4 N–H and O–H groups in total. The van der Waals surface area contributed by atoms with E-state index in [9.17, 15) is 8.42 Å². The van der Waals surface area contributed by atoms with Crippen molar-refractivity contribution in [1.82, 2.24) is 0 Å². The zero-order valence-corrected chi connectivity index (χ0v) is 9.50. The van der Waals surface area contributed by atoms with Crippen LogP contribution in [0, 0.1) is 18.8 Å².